The van der Waals surface area contributed by atoms with Gasteiger partial charge in [0.05, 0.1) is 22.9 Å². The predicted molar refractivity (Wildman–Crippen MR) is 95.4 cm³/mol. The monoisotopic (exact) mass is 340 g/mol. The molecule has 2 aromatic heterocycles. The number of carbonyl (C=O) groups excluding carboxylic acids is 1. The lowest BCUT2D eigenvalue weighted by molar-refractivity contribution is 0.0729. The van der Waals surface area contributed by atoms with Crippen LogP contribution < -0.4 is 4.74 Å². The highest BCUT2D eigenvalue weighted by Crippen LogP contribution is 2.22. The van der Waals surface area contributed by atoms with Gasteiger partial charge >= 0.3 is 5.97 Å². The maximum atomic E-state index is 12.1. The number of nitrogens with one attached hydrogen (secondary N) is 1. The van der Waals surface area contributed by atoms with E-state index in [4.69, 9.17) is 10.00 Å². The average Bonchev–Trinajstić information content (AvgIpc) is 3.18. The zero-order chi connectivity index (χ0) is 17.9. The number of H-pyrrole nitrogens is 1. The summed E-state index contributed by atoms with van der Waals surface area (Å²) < 4.78 is 5.30. The number of rotatable bonds is 3. The van der Waals surface area contributed by atoms with Crippen LogP contribution in [0.3, 0.4) is 0 Å². The molecular weight excluding hydrogens is 328 g/mol. The number of esters is 1. The number of fused-ring (bicyclic) bond motifs is 1. The molecule has 6 nitrogen and oxygen atoms in total. The Morgan fingerprint density at radius 3 is 2.50 bits per heavy atom. The highest BCUT2D eigenvalue weighted by atomic mass is 16.5. The molecule has 4 aromatic rings. The lowest BCUT2D eigenvalue weighted by atomic mass is 10.1. The Morgan fingerprint density at radius 1 is 1.00 bits per heavy atom. The zero-order valence-corrected chi connectivity index (χ0v) is 13.5. The molecule has 1 N–H and O–H groups in total. The normalized spacial score (nSPS) is 10.4. The molecule has 0 bridgehead atoms. The fourth-order valence-corrected chi connectivity index (χ4v) is 2.53. The number of aromatic amines is 1. The third kappa shape index (κ3) is 3.01. The molecule has 0 saturated heterocycles. The number of aromatic nitrogens is 3. The largest absolute Gasteiger partial charge is 0.422 e. The summed E-state index contributed by atoms with van der Waals surface area (Å²) in [6.07, 6.45) is 1.71. The van der Waals surface area contributed by atoms with Crippen LogP contribution in [-0.2, 0) is 0 Å². The first-order valence-electron chi connectivity index (χ1n) is 7.86. The molecular formula is C20H12N4O2. The van der Waals surface area contributed by atoms with E-state index in [1.54, 1.807) is 18.3 Å². The summed E-state index contributed by atoms with van der Waals surface area (Å²) >= 11 is 0. The van der Waals surface area contributed by atoms with Crippen LogP contribution in [0.4, 0.5) is 0 Å². The fourth-order valence-electron chi connectivity index (χ4n) is 2.53. The van der Waals surface area contributed by atoms with Gasteiger partial charge in [-0.3, -0.25) is 4.98 Å². The van der Waals surface area contributed by atoms with E-state index in [0.29, 0.717) is 11.4 Å². The summed E-state index contributed by atoms with van der Waals surface area (Å²) in [5.74, 6) is -0.148. The first kappa shape index (κ1) is 15.5. The first-order chi connectivity index (χ1) is 12.7. The molecule has 0 fully saturated rings. The van der Waals surface area contributed by atoms with Crippen molar-refractivity contribution in [1.82, 2.24) is 15.0 Å². The second kappa shape index (κ2) is 6.49. The van der Waals surface area contributed by atoms with E-state index in [0.717, 1.165) is 22.3 Å². The summed E-state index contributed by atoms with van der Waals surface area (Å²) in [6.45, 7) is 0. The maximum Gasteiger partial charge on any atom is 0.360 e. The Labute approximate surface area is 148 Å². The van der Waals surface area contributed by atoms with Gasteiger partial charge in [0, 0.05) is 5.56 Å². The number of nitrogens with zero attached hydrogens (tertiary/aromatic N) is 3. The first-order valence-corrected chi connectivity index (χ1v) is 7.86. The molecule has 0 spiro atoms. The summed E-state index contributed by atoms with van der Waals surface area (Å²) in [5.41, 5.74) is 3.80. The van der Waals surface area contributed by atoms with Gasteiger partial charge in [-0.1, -0.05) is 12.1 Å². The van der Waals surface area contributed by atoms with Gasteiger partial charge in [0.2, 0.25) is 0 Å². The van der Waals surface area contributed by atoms with Crippen molar-refractivity contribution in [1.29, 1.82) is 5.26 Å². The maximum absolute atomic E-state index is 12.1. The third-order valence-corrected chi connectivity index (χ3v) is 3.84. The predicted octanol–water partition coefficient (Wildman–Crippen LogP) is 3.72. The van der Waals surface area contributed by atoms with Gasteiger partial charge in [-0.2, -0.15) is 5.26 Å². The SMILES string of the molecule is N#Cc1ccc(C(=O)Oc2ccc(-c3cnc4ccccc4n3)cc2)[nH]1. The average molecular weight is 340 g/mol. The molecule has 0 aliphatic rings. The Kier molecular flexibility index (Phi) is 3.88. The minimum absolute atomic E-state index is 0.228. The lowest BCUT2D eigenvalue weighted by Gasteiger charge is -2.05. The Hall–Kier alpha value is -3.98. The minimum atomic E-state index is -0.551. The zero-order valence-electron chi connectivity index (χ0n) is 13.5. The van der Waals surface area contributed by atoms with Crippen LogP contribution in [-0.4, -0.2) is 20.9 Å². The van der Waals surface area contributed by atoms with E-state index in [1.807, 2.05) is 42.5 Å². The second-order valence-corrected chi connectivity index (χ2v) is 5.56. The Bertz CT molecular complexity index is 1140. The number of para-hydroxylation sites is 2. The third-order valence-electron chi connectivity index (χ3n) is 3.84. The molecule has 0 saturated carbocycles. The number of hydrogen-bond donors (Lipinski definition) is 1. The van der Waals surface area contributed by atoms with Gasteiger partial charge in [0.1, 0.15) is 23.2 Å². The van der Waals surface area contributed by atoms with Crippen LogP contribution in [0.25, 0.3) is 22.3 Å². The van der Waals surface area contributed by atoms with E-state index < -0.39 is 5.97 Å². The van der Waals surface area contributed by atoms with Gasteiger partial charge in [-0.25, -0.2) is 9.78 Å². The summed E-state index contributed by atoms with van der Waals surface area (Å²) in [4.78, 5) is 23.7. The molecule has 2 aromatic carbocycles. The van der Waals surface area contributed by atoms with E-state index in [2.05, 4.69) is 15.0 Å². The molecule has 0 atom stereocenters. The topological polar surface area (TPSA) is 91.7 Å². The molecule has 4 rings (SSSR count). The highest BCUT2D eigenvalue weighted by Gasteiger charge is 2.11. The van der Waals surface area contributed by atoms with Crippen molar-refractivity contribution < 1.29 is 9.53 Å². The summed E-state index contributed by atoms with van der Waals surface area (Å²) in [5, 5.41) is 8.78. The molecule has 6 heteroatoms. The molecule has 0 radical (unpaired) electrons. The molecule has 26 heavy (non-hydrogen) atoms. The van der Waals surface area contributed by atoms with Gasteiger partial charge in [-0.15, -0.1) is 0 Å². The van der Waals surface area contributed by atoms with Gasteiger partial charge in [0.15, 0.2) is 0 Å². The molecule has 124 valence electrons. The Balaban J connectivity index is 1.54. The molecule has 0 aliphatic carbocycles. The number of nitriles is 1. The summed E-state index contributed by atoms with van der Waals surface area (Å²) in [7, 11) is 0. The van der Waals surface area contributed by atoms with E-state index in [9.17, 15) is 4.79 Å². The quantitative estimate of drug-likeness (QED) is 0.453. The fraction of sp³-hybridized carbons (Fsp3) is 0. The molecule has 0 amide bonds. The molecule has 2 heterocycles. The smallest absolute Gasteiger partial charge is 0.360 e. The van der Waals surface area contributed by atoms with Crippen LogP contribution >= 0.6 is 0 Å². The van der Waals surface area contributed by atoms with Crippen LogP contribution in [0.1, 0.15) is 16.2 Å². The number of carbonyl (C=O) groups is 1. The van der Waals surface area contributed by atoms with E-state index >= 15 is 0 Å². The summed E-state index contributed by atoms with van der Waals surface area (Å²) in [6, 6.07) is 19.6. The van der Waals surface area contributed by atoms with E-state index in [1.165, 1.54) is 12.1 Å². The molecule has 0 aliphatic heterocycles. The minimum Gasteiger partial charge on any atom is -0.422 e. The van der Waals surface area contributed by atoms with Crippen LogP contribution in [0.5, 0.6) is 5.75 Å². The standard InChI is InChI=1S/C20H12N4O2/c21-11-14-7-10-18(23-14)20(25)26-15-8-5-13(6-9-15)19-12-22-16-3-1-2-4-17(16)24-19/h1-10,12,23H. The van der Waals surface area contributed by atoms with Crippen LogP contribution in [0.2, 0.25) is 0 Å². The van der Waals surface area contributed by atoms with Crippen molar-refractivity contribution >= 4 is 17.0 Å². The lowest BCUT2D eigenvalue weighted by Crippen LogP contribution is -2.08. The van der Waals surface area contributed by atoms with Gasteiger partial charge in [0.25, 0.3) is 0 Å². The van der Waals surface area contributed by atoms with Crippen LogP contribution in [0, 0.1) is 11.3 Å². The molecule has 0 unspecified atom stereocenters. The van der Waals surface area contributed by atoms with Crippen molar-refractivity contribution in [3.63, 3.8) is 0 Å². The number of ether oxygens (including phenoxy) is 1. The van der Waals surface area contributed by atoms with Crippen molar-refractivity contribution in [3.05, 3.63) is 78.2 Å². The van der Waals surface area contributed by atoms with Crippen molar-refractivity contribution in [3.8, 4) is 23.1 Å². The van der Waals surface area contributed by atoms with E-state index in [-0.39, 0.29) is 5.69 Å². The van der Waals surface area contributed by atoms with Crippen molar-refractivity contribution in [2.45, 2.75) is 0 Å². The highest BCUT2D eigenvalue weighted by molar-refractivity contribution is 5.89. The van der Waals surface area contributed by atoms with Crippen molar-refractivity contribution in [2.24, 2.45) is 0 Å². The van der Waals surface area contributed by atoms with Crippen molar-refractivity contribution in [2.75, 3.05) is 0 Å². The van der Waals surface area contributed by atoms with Gasteiger partial charge < -0.3 is 9.72 Å². The van der Waals surface area contributed by atoms with Crippen LogP contribution in [0.15, 0.2) is 66.9 Å². The number of benzene rings is 2. The number of hydrogen-bond acceptors (Lipinski definition) is 5. The Morgan fingerprint density at radius 2 is 1.77 bits per heavy atom. The second-order valence-electron chi connectivity index (χ2n) is 5.56. The van der Waals surface area contributed by atoms with Gasteiger partial charge in [-0.05, 0) is 48.5 Å².